The normalized spacial score (nSPS) is 10.4. The summed E-state index contributed by atoms with van der Waals surface area (Å²) in [6.07, 6.45) is 3.91. The Morgan fingerprint density at radius 1 is 1.25 bits per heavy atom. The molecule has 0 atom stereocenters. The van der Waals surface area contributed by atoms with Crippen molar-refractivity contribution in [2.45, 2.75) is 39.0 Å². The fourth-order valence-electron chi connectivity index (χ4n) is 1.62. The van der Waals surface area contributed by atoms with Crippen molar-refractivity contribution in [1.29, 1.82) is 0 Å². The fourth-order valence-corrected chi connectivity index (χ4v) is 2.04. The van der Waals surface area contributed by atoms with E-state index in [1.807, 2.05) is 19.1 Å². The predicted molar refractivity (Wildman–Crippen MR) is 69.3 cm³/mol. The Bertz CT molecular complexity index is 361. The first kappa shape index (κ1) is 13.5. The van der Waals surface area contributed by atoms with Crippen molar-refractivity contribution < 1.29 is 4.79 Å². The Morgan fingerprint density at radius 2 is 2.00 bits per heavy atom. The Hall–Kier alpha value is -0.530. The number of aryl methyl sites for hydroxylation is 1. The number of Topliss-reactive ketones (excluding diaryl/α,β-unsaturated/α-hetero) is 1. The molecule has 88 valence electrons. The summed E-state index contributed by atoms with van der Waals surface area (Å²) < 4.78 is 0. The highest BCUT2D eigenvalue weighted by Crippen LogP contribution is 2.26. The summed E-state index contributed by atoms with van der Waals surface area (Å²) in [7, 11) is 0. The van der Waals surface area contributed by atoms with Crippen LogP contribution in [-0.2, 0) is 11.2 Å². The molecule has 0 aliphatic rings. The van der Waals surface area contributed by atoms with Crippen LogP contribution >= 0.6 is 23.2 Å². The van der Waals surface area contributed by atoms with Crippen LogP contribution in [0, 0.1) is 0 Å². The van der Waals surface area contributed by atoms with Gasteiger partial charge in [0.2, 0.25) is 0 Å². The van der Waals surface area contributed by atoms with E-state index in [-0.39, 0.29) is 0 Å². The van der Waals surface area contributed by atoms with E-state index >= 15 is 0 Å². The van der Waals surface area contributed by atoms with Crippen LogP contribution in [0.25, 0.3) is 0 Å². The monoisotopic (exact) mass is 258 g/mol. The highest BCUT2D eigenvalue weighted by Gasteiger charge is 2.05. The minimum absolute atomic E-state index is 0.334. The summed E-state index contributed by atoms with van der Waals surface area (Å²) in [5, 5.41) is 1.20. The van der Waals surface area contributed by atoms with Crippen molar-refractivity contribution in [3.8, 4) is 0 Å². The van der Waals surface area contributed by atoms with Crippen LogP contribution in [0.1, 0.15) is 38.2 Å². The third-order valence-corrected chi connectivity index (χ3v) is 3.32. The quantitative estimate of drug-likeness (QED) is 0.724. The first-order valence-electron chi connectivity index (χ1n) is 5.59. The SMILES string of the molecule is CCCC(=O)CCCc1cccc(Cl)c1Cl. The highest BCUT2D eigenvalue weighted by molar-refractivity contribution is 6.42. The molecule has 1 nitrogen and oxygen atoms in total. The second-order valence-electron chi connectivity index (χ2n) is 3.86. The molecule has 0 radical (unpaired) electrons. The lowest BCUT2D eigenvalue weighted by Gasteiger charge is -2.05. The number of ketones is 1. The second-order valence-corrected chi connectivity index (χ2v) is 4.64. The first-order valence-corrected chi connectivity index (χ1v) is 6.35. The summed E-state index contributed by atoms with van der Waals surface area (Å²) in [6, 6.07) is 5.62. The molecular formula is C13H16Cl2O. The molecular weight excluding hydrogens is 243 g/mol. The Labute approximate surface area is 107 Å². The summed E-state index contributed by atoms with van der Waals surface area (Å²) in [4.78, 5) is 11.3. The van der Waals surface area contributed by atoms with Crippen LogP contribution in [0.5, 0.6) is 0 Å². The number of carbonyl (C=O) groups excluding carboxylic acids is 1. The molecule has 0 aliphatic carbocycles. The number of halogens is 2. The van der Waals surface area contributed by atoms with Gasteiger partial charge < -0.3 is 0 Å². The molecule has 1 rings (SSSR count). The zero-order valence-corrected chi connectivity index (χ0v) is 10.9. The van der Waals surface area contributed by atoms with Crippen LogP contribution in [0.15, 0.2) is 18.2 Å². The highest BCUT2D eigenvalue weighted by atomic mass is 35.5. The van der Waals surface area contributed by atoms with Gasteiger partial charge in [-0.2, -0.15) is 0 Å². The third kappa shape index (κ3) is 4.15. The van der Waals surface area contributed by atoms with Gasteiger partial charge in [0.15, 0.2) is 0 Å². The first-order chi connectivity index (χ1) is 7.65. The molecule has 0 bridgehead atoms. The van der Waals surface area contributed by atoms with Crippen molar-refractivity contribution >= 4 is 29.0 Å². The molecule has 0 saturated carbocycles. The Kier molecular flexibility index (Phi) is 5.86. The van der Waals surface area contributed by atoms with Crippen LogP contribution in [0.2, 0.25) is 10.0 Å². The molecule has 1 aromatic carbocycles. The van der Waals surface area contributed by atoms with Crippen LogP contribution in [0.3, 0.4) is 0 Å². The molecule has 0 fully saturated rings. The van der Waals surface area contributed by atoms with E-state index in [0.29, 0.717) is 28.7 Å². The average molecular weight is 259 g/mol. The molecule has 0 amide bonds. The van der Waals surface area contributed by atoms with Gasteiger partial charge in [-0.15, -0.1) is 0 Å². The van der Waals surface area contributed by atoms with Crippen molar-refractivity contribution in [3.63, 3.8) is 0 Å². The average Bonchev–Trinajstić information content (AvgIpc) is 2.25. The van der Waals surface area contributed by atoms with Crippen LogP contribution in [-0.4, -0.2) is 5.78 Å². The minimum Gasteiger partial charge on any atom is -0.300 e. The zero-order valence-electron chi connectivity index (χ0n) is 9.43. The van der Waals surface area contributed by atoms with Gasteiger partial charge in [-0.1, -0.05) is 42.3 Å². The van der Waals surface area contributed by atoms with Gasteiger partial charge in [-0.25, -0.2) is 0 Å². The van der Waals surface area contributed by atoms with Gasteiger partial charge in [0.25, 0.3) is 0 Å². The minimum atomic E-state index is 0.334. The van der Waals surface area contributed by atoms with E-state index in [1.54, 1.807) is 6.07 Å². The molecule has 0 heterocycles. The van der Waals surface area contributed by atoms with E-state index in [0.717, 1.165) is 24.8 Å². The molecule has 16 heavy (non-hydrogen) atoms. The fraction of sp³-hybridized carbons (Fsp3) is 0.462. The predicted octanol–water partition coefficient (Wildman–Crippen LogP) is 4.69. The molecule has 0 N–H and O–H groups in total. The number of hydrogen-bond donors (Lipinski definition) is 0. The maximum absolute atomic E-state index is 11.3. The maximum atomic E-state index is 11.3. The largest absolute Gasteiger partial charge is 0.300 e. The van der Waals surface area contributed by atoms with Crippen molar-refractivity contribution in [2.24, 2.45) is 0 Å². The lowest BCUT2D eigenvalue weighted by atomic mass is 10.0. The van der Waals surface area contributed by atoms with Crippen molar-refractivity contribution in [2.75, 3.05) is 0 Å². The van der Waals surface area contributed by atoms with Crippen molar-refractivity contribution in [1.82, 2.24) is 0 Å². The molecule has 0 spiro atoms. The molecule has 0 aromatic heterocycles. The number of carbonyl (C=O) groups is 1. The molecule has 0 unspecified atom stereocenters. The zero-order chi connectivity index (χ0) is 12.0. The number of rotatable bonds is 6. The summed E-state index contributed by atoms with van der Waals surface area (Å²) >= 11 is 12.0. The molecule has 0 saturated heterocycles. The molecule has 3 heteroatoms. The smallest absolute Gasteiger partial charge is 0.132 e. The van der Waals surface area contributed by atoms with Crippen LogP contribution in [0.4, 0.5) is 0 Å². The number of hydrogen-bond acceptors (Lipinski definition) is 1. The standard InChI is InChI=1S/C13H16Cl2O/c1-2-5-11(16)8-3-6-10-7-4-9-12(14)13(10)15/h4,7,9H,2-3,5-6,8H2,1H3. The summed E-state index contributed by atoms with van der Waals surface area (Å²) in [5.41, 5.74) is 1.03. The van der Waals surface area contributed by atoms with Gasteiger partial charge in [-0.05, 0) is 30.9 Å². The molecule has 0 aliphatic heterocycles. The Morgan fingerprint density at radius 3 is 2.69 bits per heavy atom. The number of benzene rings is 1. The Balaban J connectivity index is 2.43. The van der Waals surface area contributed by atoms with Gasteiger partial charge in [0.05, 0.1) is 10.0 Å². The second kappa shape index (κ2) is 6.93. The van der Waals surface area contributed by atoms with Gasteiger partial charge in [0.1, 0.15) is 5.78 Å². The molecule has 1 aromatic rings. The van der Waals surface area contributed by atoms with Gasteiger partial charge >= 0.3 is 0 Å². The van der Waals surface area contributed by atoms with Crippen molar-refractivity contribution in [3.05, 3.63) is 33.8 Å². The van der Waals surface area contributed by atoms with E-state index in [2.05, 4.69) is 0 Å². The summed E-state index contributed by atoms with van der Waals surface area (Å²) in [5.74, 6) is 0.334. The van der Waals surface area contributed by atoms with E-state index < -0.39 is 0 Å². The van der Waals surface area contributed by atoms with Gasteiger partial charge in [0, 0.05) is 12.8 Å². The lowest BCUT2D eigenvalue weighted by molar-refractivity contribution is -0.119. The summed E-state index contributed by atoms with van der Waals surface area (Å²) in [6.45, 7) is 2.02. The van der Waals surface area contributed by atoms with Crippen LogP contribution < -0.4 is 0 Å². The maximum Gasteiger partial charge on any atom is 0.132 e. The van der Waals surface area contributed by atoms with E-state index in [1.165, 1.54) is 0 Å². The lowest BCUT2D eigenvalue weighted by Crippen LogP contribution is -1.98. The topological polar surface area (TPSA) is 17.1 Å². The van der Waals surface area contributed by atoms with E-state index in [4.69, 9.17) is 23.2 Å². The van der Waals surface area contributed by atoms with E-state index in [9.17, 15) is 4.79 Å². The third-order valence-electron chi connectivity index (χ3n) is 2.46. The van der Waals surface area contributed by atoms with Gasteiger partial charge in [-0.3, -0.25) is 4.79 Å².